The predicted molar refractivity (Wildman–Crippen MR) is 98.9 cm³/mol. The number of aliphatic hydroxyl groups is 3. The molecule has 0 bridgehead atoms. The van der Waals surface area contributed by atoms with E-state index >= 15 is 0 Å². The lowest BCUT2D eigenvalue weighted by molar-refractivity contribution is -0.0886. The minimum Gasteiger partial charge on any atom is -0.391 e. The summed E-state index contributed by atoms with van der Waals surface area (Å²) in [5, 5.41) is 27.4. The molecule has 0 aliphatic rings. The van der Waals surface area contributed by atoms with Crippen LogP contribution in [0.5, 0.6) is 0 Å². The fraction of sp³-hybridized carbons (Fsp3) is 1.00. The second-order valence-electron chi connectivity index (χ2n) is 6.41. The first-order valence-electron chi connectivity index (χ1n) is 9.46. The van der Waals surface area contributed by atoms with Gasteiger partial charge < -0.3 is 43.7 Å². The quantitative estimate of drug-likeness (QED) is 0.236. The molecule has 0 aromatic rings. The van der Waals surface area contributed by atoms with Crippen LogP contribution in [-0.4, -0.2) is 112 Å². The molecule has 0 amide bonds. The highest BCUT2D eigenvalue weighted by Crippen LogP contribution is 1.98. The van der Waals surface area contributed by atoms with Crippen LogP contribution in [0.3, 0.4) is 0 Å². The van der Waals surface area contributed by atoms with Crippen molar-refractivity contribution >= 4 is 0 Å². The average molecular weight is 398 g/mol. The van der Waals surface area contributed by atoms with Gasteiger partial charge in [-0.25, -0.2) is 0 Å². The van der Waals surface area contributed by atoms with Crippen LogP contribution >= 0.6 is 0 Å². The minimum absolute atomic E-state index is 0.266. The second-order valence-corrected chi connectivity index (χ2v) is 6.41. The van der Waals surface area contributed by atoms with Crippen molar-refractivity contribution in [3.63, 3.8) is 0 Å². The molecule has 3 unspecified atom stereocenters. The van der Waals surface area contributed by atoms with Gasteiger partial charge in [0, 0.05) is 0 Å². The lowest BCUT2D eigenvalue weighted by atomic mass is 10.4. The highest BCUT2D eigenvalue weighted by molar-refractivity contribution is 4.56. The summed E-state index contributed by atoms with van der Waals surface area (Å²) in [5.74, 6) is 0. The third-order valence-corrected chi connectivity index (χ3v) is 3.01. The first kappa shape index (κ1) is 26.6. The summed E-state index contributed by atoms with van der Waals surface area (Å²) >= 11 is 0. The van der Waals surface area contributed by atoms with E-state index in [1.54, 1.807) is 20.8 Å². The van der Waals surface area contributed by atoms with Crippen LogP contribution < -0.4 is 0 Å². The van der Waals surface area contributed by atoms with Gasteiger partial charge in [0.1, 0.15) is 6.10 Å². The molecule has 164 valence electrons. The number of aliphatic hydroxyl groups excluding tert-OH is 3. The van der Waals surface area contributed by atoms with Crippen LogP contribution in [0.25, 0.3) is 0 Å². The Morgan fingerprint density at radius 1 is 0.481 bits per heavy atom. The molecule has 0 saturated heterocycles. The molecule has 0 aliphatic carbocycles. The van der Waals surface area contributed by atoms with Crippen molar-refractivity contribution in [2.45, 2.75) is 45.2 Å². The molecule has 0 fully saturated rings. The summed E-state index contributed by atoms with van der Waals surface area (Å²) in [6, 6.07) is 0. The first-order chi connectivity index (χ1) is 12.9. The lowest BCUT2D eigenvalue weighted by Crippen LogP contribution is -2.29. The Morgan fingerprint density at radius 2 is 0.778 bits per heavy atom. The topological polar surface area (TPSA) is 116 Å². The van der Waals surface area contributed by atoms with E-state index in [2.05, 4.69) is 0 Å². The van der Waals surface area contributed by atoms with E-state index in [1.165, 1.54) is 0 Å². The Balaban J connectivity index is 3.88. The summed E-state index contributed by atoms with van der Waals surface area (Å²) in [4.78, 5) is 0. The second kappa shape index (κ2) is 19.0. The predicted octanol–water partition coefficient (Wildman–Crippen LogP) is -0.403. The number of rotatable bonds is 20. The fourth-order valence-electron chi connectivity index (χ4n) is 1.84. The van der Waals surface area contributed by atoms with E-state index in [-0.39, 0.29) is 25.9 Å². The van der Waals surface area contributed by atoms with E-state index in [0.717, 1.165) is 0 Å². The molecule has 0 rings (SSSR count). The van der Waals surface area contributed by atoms with Gasteiger partial charge in [0.15, 0.2) is 0 Å². The van der Waals surface area contributed by atoms with E-state index in [4.69, 9.17) is 43.7 Å². The van der Waals surface area contributed by atoms with Crippen LogP contribution in [0.4, 0.5) is 0 Å². The Kier molecular flexibility index (Phi) is 18.7. The van der Waals surface area contributed by atoms with E-state index < -0.39 is 18.3 Å². The molecular weight excluding hydrogens is 360 g/mol. The molecule has 0 saturated carbocycles. The largest absolute Gasteiger partial charge is 0.391 e. The number of hydrogen-bond acceptors (Lipinski definition) is 9. The summed E-state index contributed by atoms with van der Waals surface area (Å²) in [6.45, 7) is 8.77. The average Bonchev–Trinajstić information content (AvgIpc) is 2.59. The fourth-order valence-corrected chi connectivity index (χ4v) is 1.84. The van der Waals surface area contributed by atoms with Gasteiger partial charge in [-0.05, 0) is 20.8 Å². The molecule has 3 N–H and O–H groups in total. The zero-order valence-electron chi connectivity index (χ0n) is 16.9. The minimum atomic E-state index is -0.504. The molecular formula is C18H38O9. The molecule has 0 spiro atoms. The number of ether oxygens (including phenoxy) is 6. The zero-order chi connectivity index (χ0) is 20.3. The lowest BCUT2D eigenvalue weighted by Gasteiger charge is -2.19. The van der Waals surface area contributed by atoms with Crippen LogP contribution in [0, 0.1) is 0 Å². The maximum Gasteiger partial charge on any atom is 0.104 e. The molecule has 0 aromatic heterocycles. The van der Waals surface area contributed by atoms with E-state index in [0.29, 0.717) is 52.9 Å². The molecule has 0 aromatic carbocycles. The van der Waals surface area contributed by atoms with Gasteiger partial charge in [-0.3, -0.25) is 0 Å². The Bertz CT molecular complexity index is 281. The smallest absolute Gasteiger partial charge is 0.104 e. The van der Waals surface area contributed by atoms with Crippen molar-refractivity contribution in [1.29, 1.82) is 0 Å². The van der Waals surface area contributed by atoms with Crippen molar-refractivity contribution in [3.05, 3.63) is 0 Å². The van der Waals surface area contributed by atoms with Crippen LogP contribution in [-0.2, 0) is 28.4 Å². The zero-order valence-corrected chi connectivity index (χ0v) is 16.9. The Labute approximate surface area is 162 Å². The molecule has 9 nitrogen and oxygen atoms in total. The third kappa shape index (κ3) is 21.8. The molecule has 27 heavy (non-hydrogen) atoms. The van der Waals surface area contributed by atoms with Gasteiger partial charge >= 0.3 is 0 Å². The highest BCUT2D eigenvalue weighted by Gasteiger charge is 2.11. The standard InChI is InChI=1S/C18H38O9/c1-15(19)10-22-4-6-25-13-18(27-9-8-24-12-17(3)21)14-26-7-5-23-11-16(2)20/h15-21H,4-14H2,1-3H3. The molecule has 9 heteroatoms. The number of hydrogen-bond donors (Lipinski definition) is 3. The van der Waals surface area contributed by atoms with Crippen molar-refractivity contribution in [1.82, 2.24) is 0 Å². The summed E-state index contributed by atoms with van der Waals surface area (Å²) in [5.41, 5.74) is 0. The van der Waals surface area contributed by atoms with Crippen LogP contribution in [0.2, 0.25) is 0 Å². The van der Waals surface area contributed by atoms with Crippen molar-refractivity contribution < 1.29 is 43.7 Å². The Hall–Kier alpha value is -0.360. The molecule has 0 heterocycles. The third-order valence-electron chi connectivity index (χ3n) is 3.01. The van der Waals surface area contributed by atoms with Crippen molar-refractivity contribution in [3.8, 4) is 0 Å². The van der Waals surface area contributed by atoms with Gasteiger partial charge in [-0.1, -0.05) is 0 Å². The summed E-state index contributed by atoms with van der Waals surface area (Å²) < 4.78 is 32.5. The van der Waals surface area contributed by atoms with Crippen molar-refractivity contribution in [2.75, 3.05) is 72.7 Å². The Morgan fingerprint density at radius 3 is 1.11 bits per heavy atom. The van der Waals surface area contributed by atoms with Gasteiger partial charge in [0.05, 0.1) is 91.0 Å². The van der Waals surface area contributed by atoms with Gasteiger partial charge in [0.2, 0.25) is 0 Å². The maximum atomic E-state index is 9.14. The molecule has 0 radical (unpaired) electrons. The maximum absolute atomic E-state index is 9.14. The van der Waals surface area contributed by atoms with Crippen LogP contribution in [0.15, 0.2) is 0 Å². The van der Waals surface area contributed by atoms with Gasteiger partial charge in [-0.2, -0.15) is 0 Å². The summed E-state index contributed by atoms with van der Waals surface area (Å²) in [7, 11) is 0. The van der Waals surface area contributed by atoms with Gasteiger partial charge in [0.25, 0.3) is 0 Å². The summed E-state index contributed by atoms with van der Waals surface area (Å²) in [6.07, 6.45) is -1.76. The highest BCUT2D eigenvalue weighted by atomic mass is 16.6. The van der Waals surface area contributed by atoms with E-state index in [1.807, 2.05) is 0 Å². The molecule has 3 atom stereocenters. The first-order valence-corrected chi connectivity index (χ1v) is 9.46. The van der Waals surface area contributed by atoms with Gasteiger partial charge in [-0.15, -0.1) is 0 Å². The normalized spacial score (nSPS) is 16.2. The van der Waals surface area contributed by atoms with Crippen molar-refractivity contribution in [2.24, 2.45) is 0 Å². The monoisotopic (exact) mass is 398 g/mol. The van der Waals surface area contributed by atoms with E-state index in [9.17, 15) is 0 Å². The van der Waals surface area contributed by atoms with Crippen LogP contribution in [0.1, 0.15) is 20.8 Å². The SMILES string of the molecule is CC(O)COCCOCC(COCCOCC(C)O)OCCOCC(C)O. The molecule has 0 aliphatic heterocycles.